The Bertz CT molecular complexity index is 1120. The van der Waals surface area contributed by atoms with Crippen LogP contribution in [0.2, 0.25) is 0 Å². The highest BCUT2D eigenvalue weighted by Crippen LogP contribution is 2.27. The number of rotatable bonds is 7. The van der Waals surface area contributed by atoms with Gasteiger partial charge in [0.25, 0.3) is 5.91 Å². The number of nitrogens with two attached hydrogens (primary N) is 1. The van der Waals surface area contributed by atoms with Crippen LogP contribution in [0, 0.1) is 6.92 Å². The van der Waals surface area contributed by atoms with Crippen LogP contribution in [-0.2, 0) is 27.4 Å². The molecule has 0 aliphatic carbocycles. The van der Waals surface area contributed by atoms with E-state index in [1.54, 1.807) is 25.4 Å². The van der Waals surface area contributed by atoms with Crippen LogP contribution in [0.15, 0.2) is 18.5 Å². The normalized spacial score (nSPS) is 16.5. The molecule has 3 aromatic heterocycles. The van der Waals surface area contributed by atoms with E-state index in [9.17, 15) is 9.59 Å². The quantitative estimate of drug-likeness (QED) is 0.570. The molecule has 11 nitrogen and oxygen atoms in total. The zero-order valence-corrected chi connectivity index (χ0v) is 16.9. The Morgan fingerprint density at radius 2 is 2.10 bits per heavy atom. The van der Waals surface area contributed by atoms with Gasteiger partial charge in [-0.05, 0) is 32.3 Å². The van der Waals surface area contributed by atoms with Crippen LogP contribution in [0.25, 0.3) is 22.2 Å². The first kappa shape index (κ1) is 20.8. The van der Waals surface area contributed by atoms with Gasteiger partial charge in [0.1, 0.15) is 13.2 Å². The number of aryl methyl sites for hydroxylation is 1. The molecule has 4 rings (SSSR count). The summed E-state index contributed by atoms with van der Waals surface area (Å²) in [6, 6.07) is 1.64. The fourth-order valence-electron chi connectivity index (χ4n) is 3.54. The van der Waals surface area contributed by atoms with E-state index in [0.29, 0.717) is 40.3 Å². The largest absolute Gasteiger partial charge is 0.480 e. The van der Waals surface area contributed by atoms with Crippen LogP contribution in [-0.4, -0.2) is 54.6 Å². The number of aliphatic carboxylic acids is 1. The van der Waals surface area contributed by atoms with Crippen molar-refractivity contribution in [1.82, 2.24) is 24.7 Å². The van der Waals surface area contributed by atoms with Crippen molar-refractivity contribution in [2.24, 2.45) is 5.73 Å². The molecule has 0 bridgehead atoms. The van der Waals surface area contributed by atoms with Gasteiger partial charge in [-0.15, -0.1) is 0 Å². The Morgan fingerprint density at radius 1 is 1.32 bits per heavy atom. The molecular weight excluding hydrogens is 404 g/mol. The van der Waals surface area contributed by atoms with Gasteiger partial charge in [0, 0.05) is 30.0 Å². The van der Waals surface area contributed by atoms with Gasteiger partial charge >= 0.3 is 5.97 Å². The van der Waals surface area contributed by atoms with Gasteiger partial charge in [0.05, 0.1) is 16.9 Å². The molecule has 1 aliphatic rings. The fraction of sp³-hybridized carbons (Fsp3) is 0.400. The average Bonchev–Trinajstić information content (AvgIpc) is 3.12. The molecule has 1 fully saturated rings. The van der Waals surface area contributed by atoms with Crippen LogP contribution in [0.1, 0.15) is 41.3 Å². The maximum absolute atomic E-state index is 11.8. The van der Waals surface area contributed by atoms with Gasteiger partial charge in [-0.1, -0.05) is 0 Å². The topological polar surface area (TPSA) is 155 Å². The van der Waals surface area contributed by atoms with Crippen molar-refractivity contribution in [1.29, 1.82) is 0 Å². The molecule has 3 N–H and O–H groups in total. The molecule has 1 amide bonds. The second-order valence-electron chi connectivity index (χ2n) is 7.25. The summed E-state index contributed by atoms with van der Waals surface area (Å²) in [6.07, 6.45) is 6.00. The van der Waals surface area contributed by atoms with E-state index in [0.717, 1.165) is 19.3 Å². The molecule has 0 spiro atoms. The molecule has 162 valence electrons. The van der Waals surface area contributed by atoms with Gasteiger partial charge in [0.15, 0.2) is 17.8 Å². The van der Waals surface area contributed by atoms with E-state index in [4.69, 9.17) is 20.3 Å². The summed E-state index contributed by atoms with van der Waals surface area (Å²) in [4.78, 5) is 36.2. The first-order valence-electron chi connectivity index (χ1n) is 9.86. The minimum atomic E-state index is -1.09. The summed E-state index contributed by atoms with van der Waals surface area (Å²) in [6.45, 7) is 2.25. The minimum absolute atomic E-state index is 0.0126. The van der Waals surface area contributed by atoms with Crippen LogP contribution in [0.5, 0.6) is 0 Å². The van der Waals surface area contributed by atoms with Crippen LogP contribution in [0.4, 0.5) is 0 Å². The molecule has 0 saturated carbocycles. The summed E-state index contributed by atoms with van der Waals surface area (Å²) in [5, 5.41) is 13.6. The zero-order chi connectivity index (χ0) is 22.0. The highest BCUT2D eigenvalue weighted by atomic mass is 16.7. The summed E-state index contributed by atoms with van der Waals surface area (Å²) in [5.74, 6) is -1.32. The molecular formula is C20H22N6O5. The lowest BCUT2D eigenvalue weighted by Gasteiger charge is -2.22. The van der Waals surface area contributed by atoms with E-state index in [1.165, 1.54) is 4.68 Å². The summed E-state index contributed by atoms with van der Waals surface area (Å²) in [7, 11) is 0. The first-order valence-corrected chi connectivity index (χ1v) is 9.86. The number of aromatic nitrogens is 5. The minimum Gasteiger partial charge on any atom is -0.480 e. The second kappa shape index (κ2) is 8.74. The van der Waals surface area contributed by atoms with Crippen molar-refractivity contribution in [2.45, 2.75) is 45.6 Å². The van der Waals surface area contributed by atoms with E-state index in [1.807, 2.05) is 0 Å². The number of primary amides is 1. The second-order valence-corrected chi connectivity index (χ2v) is 7.25. The van der Waals surface area contributed by atoms with E-state index >= 15 is 0 Å². The third-order valence-electron chi connectivity index (χ3n) is 4.96. The molecule has 11 heteroatoms. The first-order chi connectivity index (χ1) is 14.9. The maximum atomic E-state index is 11.8. The number of nitrogens with zero attached hydrogens (tertiary/aromatic N) is 5. The van der Waals surface area contributed by atoms with Gasteiger partial charge in [0.2, 0.25) is 0 Å². The molecule has 1 unspecified atom stereocenters. The summed E-state index contributed by atoms with van der Waals surface area (Å²) >= 11 is 0. The molecule has 31 heavy (non-hydrogen) atoms. The third kappa shape index (κ3) is 4.52. The summed E-state index contributed by atoms with van der Waals surface area (Å²) in [5.41, 5.74) is 7.53. The SMILES string of the molecule is Cc1nc(-c2cnc(COC3CCCCO3)nc2)cc2c(C(N)=O)nn(CC(=O)O)c12. The molecule has 4 heterocycles. The number of hydrogen-bond acceptors (Lipinski definition) is 8. The van der Waals surface area contributed by atoms with Crippen LogP contribution >= 0.6 is 0 Å². The molecule has 1 saturated heterocycles. The molecule has 0 aromatic carbocycles. The Hall–Kier alpha value is -3.44. The number of ether oxygens (including phenoxy) is 2. The maximum Gasteiger partial charge on any atom is 0.325 e. The smallest absolute Gasteiger partial charge is 0.325 e. The molecule has 0 radical (unpaired) electrons. The van der Waals surface area contributed by atoms with Gasteiger partial charge in [-0.25, -0.2) is 9.97 Å². The van der Waals surface area contributed by atoms with Gasteiger partial charge < -0.3 is 20.3 Å². The molecule has 1 aliphatic heterocycles. The summed E-state index contributed by atoms with van der Waals surface area (Å²) < 4.78 is 12.4. The Kier molecular flexibility index (Phi) is 5.87. The Labute approximate surface area is 177 Å². The number of hydrogen-bond donors (Lipinski definition) is 2. The van der Waals surface area contributed by atoms with Crippen LogP contribution in [0.3, 0.4) is 0 Å². The van der Waals surface area contributed by atoms with Gasteiger partial charge in [-0.3, -0.25) is 19.3 Å². The molecule has 3 aromatic rings. The van der Waals surface area contributed by atoms with Crippen molar-refractivity contribution in [3.8, 4) is 11.3 Å². The number of carboxylic acids is 1. The lowest BCUT2D eigenvalue weighted by Crippen LogP contribution is -2.22. The van der Waals surface area contributed by atoms with E-state index < -0.39 is 18.4 Å². The van der Waals surface area contributed by atoms with E-state index in [-0.39, 0.29) is 18.6 Å². The van der Waals surface area contributed by atoms with E-state index in [2.05, 4.69) is 20.1 Å². The average molecular weight is 426 g/mol. The van der Waals surface area contributed by atoms with Crippen molar-refractivity contribution in [3.05, 3.63) is 35.7 Å². The molecule has 1 atom stereocenters. The van der Waals surface area contributed by atoms with Crippen molar-refractivity contribution in [3.63, 3.8) is 0 Å². The number of amides is 1. The standard InChI is InChI=1S/C20H22N6O5/c1-11-19-13(18(20(21)29)25-26(19)9-16(27)28)6-14(24-11)12-7-22-15(23-8-12)10-31-17-4-2-3-5-30-17/h6-8,17H,2-5,9-10H2,1H3,(H2,21,29)(H,27,28). The third-order valence-corrected chi connectivity index (χ3v) is 4.96. The fourth-order valence-corrected chi connectivity index (χ4v) is 3.54. The highest BCUT2D eigenvalue weighted by molar-refractivity contribution is 6.05. The highest BCUT2D eigenvalue weighted by Gasteiger charge is 2.20. The van der Waals surface area contributed by atoms with Gasteiger partial charge in [-0.2, -0.15) is 5.10 Å². The Balaban J connectivity index is 1.61. The van der Waals surface area contributed by atoms with Crippen molar-refractivity contribution < 1.29 is 24.2 Å². The van der Waals surface area contributed by atoms with Crippen LogP contribution < -0.4 is 5.73 Å². The number of carbonyl (C=O) groups excluding carboxylic acids is 1. The lowest BCUT2D eigenvalue weighted by atomic mass is 10.1. The number of carboxylic acid groups (broad SMARTS) is 1. The predicted octanol–water partition coefficient (Wildman–Crippen LogP) is 1.42. The van der Waals surface area contributed by atoms with Crippen molar-refractivity contribution in [2.75, 3.05) is 6.61 Å². The zero-order valence-electron chi connectivity index (χ0n) is 16.9. The number of fused-ring (bicyclic) bond motifs is 1. The monoisotopic (exact) mass is 426 g/mol. The lowest BCUT2D eigenvalue weighted by molar-refractivity contribution is -0.170. The number of pyridine rings is 1. The van der Waals surface area contributed by atoms with Crippen molar-refractivity contribution >= 4 is 22.8 Å². The number of carbonyl (C=O) groups is 2. The predicted molar refractivity (Wildman–Crippen MR) is 108 cm³/mol. The Morgan fingerprint density at radius 3 is 2.74 bits per heavy atom.